The first-order chi connectivity index (χ1) is 9.24. The molecule has 4 heteroatoms. The molecule has 1 aromatic carbocycles. The van der Waals surface area contributed by atoms with E-state index in [1.807, 2.05) is 0 Å². The Morgan fingerprint density at radius 3 is 2.58 bits per heavy atom. The van der Waals surface area contributed by atoms with Crippen LogP contribution in [0.4, 0.5) is 0 Å². The van der Waals surface area contributed by atoms with Crippen molar-refractivity contribution in [2.75, 3.05) is 0 Å². The molecule has 0 heterocycles. The van der Waals surface area contributed by atoms with E-state index >= 15 is 0 Å². The van der Waals surface area contributed by atoms with E-state index < -0.39 is 21.1 Å². The summed E-state index contributed by atoms with van der Waals surface area (Å²) in [5.41, 5.74) is 12.0. The van der Waals surface area contributed by atoms with E-state index in [-0.39, 0.29) is 5.96 Å². The van der Waals surface area contributed by atoms with Gasteiger partial charge in [0.25, 0.3) is 0 Å². The molecule has 2 rings (SSSR count). The van der Waals surface area contributed by atoms with Crippen LogP contribution in [0.3, 0.4) is 0 Å². The van der Waals surface area contributed by atoms with Crippen LogP contribution in [0, 0.1) is 0 Å². The third-order valence-electron chi connectivity index (χ3n) is 3.60. The summed E-state index contributed by atoms with van der Waals surface area (Å²) >= 11 is -0.451. The number of guanidine groups is 1. The summed E-state index contributed by atoms with van der Waals surface area (Å²) in [6.07, 6.45) is 8.70. The van der Waals surface area contributed by atoms with Crippen LogP contribution in [0.1, 0.15) is 44.1 Å². The molecule has 1 fully saturated rings. The van der Waals surface area contributed by atoms with E-state index in [0.29, 0.717) is 6.54 Å². The minimum atomic E-state index is -0.451. The van der Waals surface area contributed by atoms with Gasteiger partial charge >= 0.3 is 126 Å². The molecule has 1 aromatic rings. The van der Waals surface area contributed by atoms with E-state index in [2.05, 4.69) is 29.3 Å². The summed E-state index contributed by atoms with van der Waals surface area (Å²) in [7, 11) is 0. The first-order valence-corrected chi connectivity index (χ1v) is 10.2. The maximum atomic E-state index is 5.38. The average Bonchev–Trinajstić information content (AvgIpc) is 2.65. The maximum absolute atomic E-state index is 5.38. The van der Waals surface area contributed by atoms with Crippen molar-refractivity contribution in [3.8, 4) is 0 Å². The van der Waals surface area contributed by atoms with Crippen molar-refractivity contribution in [2.45, 2.75) is 49.0 Å². The Morgan fingerprint density at radius 2 is 1.89 bits per heavy atom. The second kappa shape index (κ2) is 7.78. The van der Waals surface area contributed by atoms with Crippen molar-refractivity contribution in [2.24, 2.45) is 16.5 Å². The van der Waals surface area contributed by atoms with Gasteiger partial charge in [-0.1, -0.05) is 0 Å². The Kier molecular flexibility index (Phi) is 6.01. The SMILES string of the molecule is NC(N)=NCc1ccc[c]([Sn][CH]2CCCCCC2)c1. The quantitative estimate of drug-likeness (QED) is 0.371. The van der Waals surface area contributed by atoms with Gasteiger partial charge in [-0.2, -0.15) is 0 Å². The molecular formula is C15H23N3Sn. The topological polar surface area (TPSA) is 64.4 Å². The summed E-state index contributed by atoms with van der Waals surface area (Å²) in [4.78, 5) is 4.09. The molecule has 2 radical (unpaired) electrons. The second-order valence-corrected chi connectivity index (χ2v) is 10.1. The van der Waals surface area contributed by atoms with Gasteiger partial charge in [-0.25, -0.2) is 0 Å². The number of hydrogen-bond donors (Lipinski definition) is 2. The molecule has 1 aliphatic carbocycles. The molecule has 0 atom stereocenters. The summed E-state index contributed by atoms with van der Waals surface area (Å²) < 4.78 is 2.63. The van der Waals surface area contributed by atoms with Crippen LogP contribution in [0.15, 0.2) is 29.3 Å². The molecule has 0 unspecified atom stereocenters. The van der Waals surface area contributed by atoms with Crippen LogP contribution in [0.5, 0.6) is 0 Å². The monoisotopic (exact) mass is 365 g/mol. The molecular weight excluding hydrogens is 341 g/mol. The van der Waals surface area contributed by atoms with Crippen molar-refractivity contribution in [3.05, 3.63) is 29.8 Å². The predicted molar refractivity (Wildman–Crippen MR) is 82.8 cm³/mol. The molecule has 0 aliphatic heterocycles. The number of benzene rings is 1. The Morgan fingerprint density at radius 1 is 1.16 bits per heavy atom. The van der Waals surface area contributed by atoms with Gasteiger partial charge in [0, 0.05) is 0 Å². The van der Waals surface area contributed by atoms with Gasteiger partial charge < -0.3 is 0 Å². The summed E-state index contributed by atoms with van der Waals surface area (Å²) in [6.45, 7) is 0.611. The standard InChI is InChI=1S/C8H10N3.C7H13.Sn/c9-8(10)11-6-7-4-2-1-3-5-7;1-2-4-6-7-5-3-1;/h1-2,4-5H,6H2,(H4,9,10,11);1H,2-7H2;. The number of nitrogens with zero attached hydrogens (tertiary/aromatic N) is 1. The van der Waals surface area contributed by atoms with Gasteiger partial charge in [0.15, 0.2) is 0 Å². The average molecular weight is 364 g/mol. The molecule has 1 aliphatic rings. The Bertz CT molecular complexity index is 419. The molecule has 0 spiro atoms. The normalized spacial score (nSPS) is 16.8. The van der Waals surface area contributed by atoms with E-state index in [9.17, 15) is 0 Å². The summed E-state index contributed by atoms with van der Waals surface area (Å²) in [6, 6.07) is 8.90. The zero-order valence-electron chi connectivity index (χ0n) is 11.4. The van der Waals surface area contributed by atoms with E-state index in [1.165, 1.54) is 44.1 Å². The molecule has 1 saturated carbocycles. The second-order valence-electron chi connectivity index (χ2n) is 5.27. The van der Waals surface area contributed by atoms with Crippen LogP contribution in [-0.2, 0) is 6.54 Å². The molecule has 0 aromatic heterocycles. The van der Waals surface area contributed by atoms with E-state index in [4.69, 9.17) is 11.5 Å². The number of aliphatic imine (C=N–C) groups is 1. The van der Waals surface area contributed by atoms with Gasteiger partial charge in [-0.05, 0) is 0 Å². The molecule has 4 N–H and O–H groups in total. The first-order valence-electron chi connectivity index (χ1n) is 7.15. The molecule has 102 valence electrons. The van der Waals surface area contributed by atoms with Gasteiger partial charge in [0.1, 0.15) is 0 Å². The fourth-order valence-corrected chi connectivity index (χ4v) is 7.25. The van der Waals surface area contributed by atoms with Crippen LogP contribution in [0.2, 0.25) is 3.93 Å². The van der Waals surface area contributed by atoms with E-state index in [0.717, 1.165) is 3.93 Å². The number of rotatable bonds is 4. The summed E-state index contributed by atoms with van der Waals surface area (Å²) in [5.74, 6) is 0.175. The number of hydrogen-bond acceptors (Lipinski definition) is 1. The van der Waals surface area contributed by atoms with Crippen LogP contribution in [0.25, 0.3) is 0 Å². The Hall–Kier alpha value is -0.711. The molecule has 0 saturated heterocycles. The van der Waals surface area contributed by atoms with Crippen LogP contribution in [-0.4, -0.2) is 27.1 Å². The molecule has 0 bridgehead atoms. The third kappa shape index (κ3) is 5.43. The van der Waals surface area contributed by atoms with Crippen molar-refractivity contribution in [1.82, 2.24) is 0 Å². The first kappa shape index (κ1) is 14.7. The molecule has 3 nitrogen and oxygen atoms in total. The molecule has 0 amide bonds. The Balaban J connectivity index is 1.95. The Labute approximate surface area is 126 Å². The van der Waals surface area contributed by atoms with Crippen molar-refractivity contribution >= 4 is 30.7 Å². The van der Waals surface area contributed by atoms with Crippen molar-refractivity contribution < 1.29 is 0 Å². The predicted octanol–water partition coefficient (Wildman–Crippen LogP) is 1.93. The minimum absolute atomic E-state index is 0.175. The zero-order chi connectivity index (χ0) is 13.5. The van der Waals surface area contributed by atoms with Gasteiger partial charge in [0.05, 0.1) is 0 Å². The number of nitrogens with two attached hydrogens (primary N) is 2. The van der Waals surface area contributed by atoms with E-state index in [1.54, 1.807) is 3.58 Å². The fraction of sp³-hybridized carbons (Fsp3) is 0.533. The van der Waals surface area contributed by atoms with Crippen LogP contribution >= 0.6 is 0 Å². The fourth-order valence-electron chi connectivity index (χ4n) is 2.60. The van der Waals surface area contributed by atoms with Crippen molar-refractivity contribution in [1.29, 1.82) is 0 Å². The van der Waals surface area contributed by atoms with Gasteiger partial charge in [0.2, 0.25) is 0 Å². The van der Waals surface area contributed by atoms with Crippen molar-refractivity contribution in [3.63, 3.8) is 0 Å². The zero-order valence-corrected chi connectivity index (χ0v) is 14.3. The third-order valence-corrected chi connectivity index (χ3v) is 8.25. The van der Waals surface area contributed by atoms with Crippen LogP contribution < -0.4 is 15.0 Å². The van der Waals surface area contributed by atoms with Gasteiger partial charge in [-0.15, -0.1) is 0 Å². The van der Waals surface area contributed by atoms with Gasteiger partial charge in [-0.3, -0.25) is 0 Å². The molecule has 19 heavy (non-hydrogen) atoms. The summed E-state index contributed by atoms with van der Waals surface area (Å²) in [5, 5.41) is 0.